The molecule has 0 amide bonds. The van der Waals surface area contributed by atoms with E-state index < -0.39 is 0 Å². The third kappa shape index (κ3) is 2.13. The summed E-state index contributed by atoms with van der Waals surface area (Å²) >= 11 is 0. The van der Waals surface area contributed by atoms with Crippen LogP contribution in [0.1, 0.15) is 52.4 Å². The summed E-state index contributed by atoms with van der Waals surface area (Å²) in [5.41, 5.74) is 5.99. The lowest BCUT2D eigenvalue weighted by Crippen LogP contribution is -2.26. The fourth-order valence-electron chi connectivity index (χ4n) is 3.50. The molecule has 1 heteroatoms. The number of hydrogen-bond acceptors (Lipinski definition) is 1. The Bertz CT molecular complexity index is 190. The molecule has 0 saturated heterocycles. The average Bonchev–Trinajstić information content (AvgIpc) is 2.57. The second-order valence-corrected chi connectivity index (χ2v) is 5.86. The maximum atomic E-state index is 5.99. The highest BCUT2D eigenvalue weighted by Gasteiger charge is 2.33. The van der Waals surface area contributed by atoms with Gasteiger partial charge in [-0.15, -0.1) is 0 Å². The minimum absolute atomic E-state index is 0.523. The van der Waals surface area contributed by atoms with Crippen LogP contribution in [0.15, 0.2) is 0 Å². The zero-order chi connectivity index (χ0) is 10.1. The summed E-state index contributed by atoms with van der Waals surface area (Å²) in [4.78, 5) is 0. The van der Waals surface area contributed by atoms with Crippen LogP contribution in [0.4, 0.5) is 0 Å². The lowest BCUT2D eigenvalue weighted by molar-refractivity contribution is 0.157. The first-order chi connectivity index (χ1) is 6.66. The van der Waals surface area contributed by atoms with Crippen LogP contribution >= 0.6 is 0 Å². The van der Waals surface area contributed by atoms with Crippen LogP contribution in [0.2, 0.25) is 0 Å². The van der Waals surface area contributed by atoms with Crippen molar-refractivity contribution < 1.29 is 0 Å². The molecule has 0 aromatic heterocycles. The van der Waals surface area contributed by atoms with Crippen molar-refractivity contribution in [2.75, 3.05) is 0 Å². The summed E-state index contributed by atoms with van der Waals surface area (Å²) in [7, 11) is 0. The average molecular weight is 195 g/mol. The van der Waals surface area contributed by atoms with Gasteiger partial charge in [-0.1, -0.05) is 20.3 Å². The van der Waals surface area contributed by atoms with Crippen LogP contribution in [0, 0.1) is 23.7 Å². The number of hydrogen-bond donors (Lipinski definition) is 1. The lowest BCUT2D eigenvalue weighted by atomic mass is 9.71. The van der Waals surface area contributed by atoms with Gasteiger partial charge in [0, 0.05) is 6.04 Å². The van der Waals surface area contributed by atoms with E-state index in [0.29, 0.717) is 6.04 Å². The molecule has 0 heterocycles. The molecule has 2 N–H and O–H groups in total. The summed E-state index contributed by atoms with van der Waals surface area (Å²) < 4.78 is 0. The van der Waals surface area contributed by atoms with Crippen molar-refractivity contribution in [1.29, 1.82) is 0 Å². The van der Waals surface area contributed by atoms with Crippen molar-refractivity contribution in [2.45, 2.75) is 58.4 Å². The van der Waals surface area contributed by atoms with Crippen LogP contribution in [-0.2, 0) is 0 Å². The van der Waals surface area contributed by atoms with Gasteiger partial charge in [-0.05, 0) is 55.8 Å². The van der Waals surface area contributed by atoms with Crippen LogP contribution < -0.4 is 5.73 Å². The Morgan fingerprint density at radius 3 is 2.00 bits per heavy atom. The molecule has 0 bridgehead atoms. The zero-order valence-electron chi connectivity index (χ0n) is 9.71. The maximum absolute atomic E-state index is 5.99. The van der Waals surface area contributed by atoms with Gasteiger partial charge >= 0.3 is 0 Å². The molecule has 5 unspecified atom stereocenters. The highest BCUT2D eigenvalue weighted by atomic mass is 14.7. The van der Waals surface area contributed by atoms with Gasteiger partial charge in [-0.3, -0.25) is 0 Å². The van der Waals surface area contributed by atoms with Gasteiger partial charge in [0.05, 0.1) is 0 Å². The minimum atomic E-state index is 0.523. The molecule has 2 aliphatic rings. The largest absolute Gasteiger partial charge is 0.328 e. The van der Waals surface area contributed by atoms with E-state index in [0.717, 1.165) is 23.7 Å². The van der Waals surface area contributed by atoms with Crippen molar-refractivity contribution in [2.24, 2.45) is 29.4 Å². The monoisotopic (exact) mass is 195 g/mol. The van der Waals surface area contributed by atoms with Crippen molar-refractivity contribution in [3.05, 3.63) is 0 Å². The van der Waals surface area contributed by atoms with E-state index in [1.165, 1.54) is 38.5 Å². The van der Waals surface area contributed by atoms with E-state index in [-0.39, 0.29) is 0 Å². The second kappa shape index (κ2) is 4.22. The molecule has 0 spiro atoms. The molecule has 0 aromatic rings. The van der Waals surface area contributed by atoms with E-state index in [2.05, 4.69) is 13.8 Å². The molecule has 0 aromatic carbocycles. The molecule has 1 nitrogen and oxygen atoms in total. The van der Waals surface area contributed by atoms with E-state index in [1.807, 2.05) is 0 Å². The minimum Gasteiger partial charge on any atom is -0.328 e. The van der Waals surface area contributed by atoms with Gasteiger partial charge in [0.1, 0.15) is 0 Å². The summed E-state index contributed by atoms with van der Waals surface area (Å²) in [5, 5.41) is 0. The molecule has 0 aliphatic heterocycles. The predicted molar refractivity (Wildman–Crippen MR) is 61.0 cm³/mol. The highest BCUT2D eigenvalue weighted by Crippen LogP contribution is 2.42. The fourth-order valence-corrected chi connectivity index (χ4v) is 3.50. The predicted octanol–water partition coefficient (Wildman–Crippen LogP) is 3.19. The molecule has 2 fully saturated rings. The number of rotatable bonds is 1. The Morgan fingerprint density at radius 2 is 1.43 bits per heavy atom. The Balaban J connectivity index is 1.87. The van der Waals surface area contributed by atoms with Crippen LogP contribution in [0.5, 0.6) is 0 Å². The van der Waals surface area contributed by atoms with Crippen LogP contribution in [-0.4, -0.2) is 6.04 Å². The van der Waals surface area contributed by atoms with Crippen molar-refractivity contribution in [3.63, 3.8) is 0 Å². The molecule has 0 radical (unpaired) electrons. The molecule has 2 rings (SSSR count). The van der Waals surface area contributed by atoms with Crippen LogP contribution in [0.25, 0.3) is 0 Å². The van der Waals surface area contributed by atoms with Gasteiger partial charge in [-0.25, -0.2) is 0 Å². The summed E-state index contributed by atoms with van der Waals surface area (Å²) in [5.74, 6) is 3.89. The second-order valence-electron chi connectivity index (χ2n) is 5.86. The normalized spacial score (nSPS) is 49.5. The first kappa shape index (κ1) is 10.5. The van der Waals surface area contributed by atoms with Gasteiger partial charge in [0.15, 0.2) is 0 Å². The molecule has 2 aliphatic carbocycles. The van der Waals surface area contributed by atoms with Crippen molar-refractivity contribution in [1.82, 2.24) is 0 Å². The molecule has 82 valence electrons. The molecular weight excluding hydrogens is 170 g/mol. The Morgan fingerprint density at radius 1 is 0.786 bits per heavy atom. The summed E-state index contributed by atoms with van der Waals surface area (Å²) in [6.07, 6.45) is 8.41. The maximum Gasteiger partial charge on any atom is 0.00416 e. The van der Waals surface area contributed by atoms with Gasteiger partial charge in [0.2, 0.25) is 0 Å². The van der Waals surface area contributed by atoms with E-state index in [1.54, 1.807) is 0 Å². The highest BCUT2D eigenvalue weighted by molar-refractivity contribution is 4.86. The van der Waals surface area contributed by atoms with Crippen molar-refractivity contribution >= 4 is 0 Å². The fraction of sp³-hybridized carbons (Fsp3) is 1.00. The number of nitrogens with two attached hydrogens (primary N) is 1. The molecular formula is C13H25N. The molecule has 5 atom stereocenters. The van der Waals surface area contributed by atoms with E-state index in [9.17, 15) is 0 Å². The SMILES string of the molecule is CC1CCC(C2CCC(N)C2)CC1C. The summed E-state index contributed by atoms with van der Waals surface area (Å²) in [6, 6.07) is 0.523. The lowest BCUT2D eigenvalue weighted by Gasteiger charge is -2.35. The van der Waals surface area contributed by atoms with Gasteiger partial charge in [0.25, 0.3) is 0 Å². The first-order valence-electron chi connectivity index (χ1n) is 6.42. The van der Waals surface area contributed by atoms with E-state index >= 15 is 0 Å². The van der Waals surface area contributed by atoms with Gasteiger partial charge < -0.3 is 5.73 Å². The quantitative estimate of drug-likeness (QED) is 0.683. The molecule has 2 saturated carbocycles. The van der Waals surface area contributed by atoms with E-state index in [4.69, 9.17) is 5.73 Å². The third-order valence-corrected chi connectivity index (χ3v) is 4.82. The Kier molecular flexibility index (Phi) is 3.16. The zero-order valence-corrected chi connectivity index (χ0v) is 9.71. The standard InChI is InChI=1S/C13H25N/c1-9-3-4-11(7-10(9)2)12-5-6-13(14)8-12/h9-13H,3-8,14H2,1-2H3. The molecule has 14 heavy (non-hydrogen) atoms. The van der Waals surface area contributed by atoms with Crippen molar-refractivity contribution in [3.8, 4) is 0 Å². The summed E-state index contributed by atoms with van der Waals surface area (Å²) in [6.45, 7) is 4.85. The topological polar surface area (TPSA) is 26.0 Å². The Hall–Kier alpha value is -0.0400. The first-order valence-corrected chi connectivity index (χ1v) is 6.42. The smallest absolute Gasteiger partial charge is 0.00416 e. The third-order valence-electron chi connectivity index (χ3n) is 4.82. The van der Waals surface area contributed by atoms with Gasteiger partial charge in [-0.2, -0.15) is 0 Å². The Labute approximate surface area is 88.4 Å². The van der Waals surface area contributed by atoms with Crippen LogP contribution in [0.3, 0.4) is 0 Å².